The second-order valence-electron chi connectivity index (χ2n) is 3.48. The molecule has 4 heteroatoms. The first-order chi connectivity index (χ1) is 6.77. The van der Waals surface area contributed by atoms with Crippen molar-refractivity contribution < 1.29 is 0 Å². The van der Waals surface area contributed by atoms with Crippen LogP contribution in [0.25, 0.3) is 0 Å². The second kappa shape index (κ2) is 6.64. The standard InChI is InChI=1S/C10H20N2S2/c1-3-11(4-2)6-5-7-12-8-9-14-10(12)13/h3-9H2,1-2H3. The maximum Gasteiger partial charge on any atom is 0.136 e. The van der Waals surface area contributed by atoms with Crippen molar-refractivity contribution in [3.8, 4) is 0 Å². The minimum atomic E-state index is 1.10. The van der Waals surface area contributed by atoms with Gasteiger partial charge in [0.25, 0.3) is 0 Å². The van der Waals surface area contributed by atoms with Crippen molar-refractivity contribution in [3.05, 3.63) is 0 Å². The lowest BCUT2D eigenvalue weighted by Crippen LogP contribution is -2.29. The zero-order chi connectivity index (χ0) is 10.4. The van der Waals surface area contributed by atoms with Crippen molar-refractivity contribution in [2.45, 2.75) is 20.3 Å². The fourth-order valence-corrected chi connectivity index (χ4v) is 2.94. The van der Waals surface area contributed by atoms with Crippen molar-refractivity contribution in [2.75, 3.05) is 38.5 Å². The molecule has 0 radical (unpaired) electrons. The Kier molecular flexibility index (Phi) is 5.82. The molecular formula is C10H20N2S2. The van der Waals surface area contributed by atoms with Crippen LogP contribution in [0, 0.1) is 0 Å². The van der Waals surface area contributed by atoms with E-state index in [4.69, 9.17) is 12.2 Å². The van der Waals surface area contributed by atoms with E-state index in [-0.39, 0.29) is 0 Å². The zero-order valence-electron chi connectivity index (χ0n) is 9.16. The highest BCUT2D eigenvalue weighted by Gasteiger charge is 2.16. The molecule has 0 unspecified atom stereocenters. The summed E-state index contributed by atoms with van der Waals surface area (Å²) in [6.45, 7) is 10.3. The van der Waals surface area contributed by atoms with E-state index in [1.165, 1.54) is 18.7 Å². The van der Waals surface area contributed by atoms with Gasteiger partial charge >= 0.3 is 0 Å². The first-order valence-corrected chi connectivity index (χ1v) is 6.81. The first kappa shape index (κ1) is 12.3. The molecule has 0 amide bonds. The third-order valence-electron chi connectivity index (χ3n) is 2.64. The average molecular weight is 232 g/mol. The van der Waals surface area contributed by atoms with Gasteiger partial charge in [0.2, 0.25) is 0 Å². The van der Waals surface area contributed by atoms with Crippen LogP contribution < -0.4 is 0 Å². The maximum absolute atomic E-state index is 5.25. The number of thioether (sulfide) groups is 1. The molecule has 0 aromatic heterocycles. The van der Waals surface area contributed by atoms with E-state index >= 15 is 0 Å². The molecule has 0 saturated carbocycles. The Morgan fingerprint density at radius 1 is 1.43 bits per heavy atom. The third kappa shape index (κ3) is 3.75. The Bertz CT molecular complexity index is 181. The zero-order valence-corrected chi connectivity index (χ0v) is 10.8. The van der Waals surface area contributed by atoms with Crippen molar-refractivity contribution >= 4 is 28.3 Å². The van der Waals surface area contributed by atoms with E-state index in [0.717, 1.165) is 30.5 Å². The van der Waals surface area contributed by atoms with E-state index in [1.54, 1.807) is 0 Å². The highest BCUT2D eigenvalue weighted by Crippen LogP contribution is 2.17. The lowest BCUT2D eigenvalue weighted by Gasteiger charge is -2.21. The Hall–Kier alpha value is 0.200. The monoisotopic (exact) mass is 232 g/mol. The minimum absolute atomic E-state index is 1.10. The number of hydrogen-bond donors (Lipinski definition) is 0. The summed E-state index contributed by atoms with van der Waals surface area (Å²) in [5, 5.41) is 0. The SMILES string of the molecule is CCN(CC)CCCN1CCSC1=S. The van der Waals surface area contributed by atoms with Gasteiger partial charge in [0, 0.05) is 18.8 Å². The van der Waals surface area contributed by atoms with Crippen LogP contribution in [0.1, 0.15) is 20.3 Å². The van der Waals surface area contributed by atoms with E-state index in [1.807, 2.05) is 11.8 Å². The summed E-state index contributed by atoms with van der Waals surface area (Å²) in [5.74, 6) is 1.18. The molecule has 82 valence electrons. The summed E-state index contributed by atoms with van der Waals surface area (Å²) in [5.41, 5.74) is 0. The van der Waals surface area contributed by atoms with Crippen LogP contribution in [-0.4, -0.2) is 52.6 Å². The predicted octanol–water partition coefficient (Wildman–Crippen LogP) is 2.05. The van der Waals surface area contributed by atoms with Crippen molar-refractivity contribution in [2.24, 2.45) is 0 Å². The normalized spacial score (nSPS) is 17.1. The molecule has 0 atom stereocenters. The van der Waals surface area contributed by atoms with Gasteiger partial charge in [-0.25, -0.2) is 0 Å². The maximum atomic E-state index is 5.25. The van der Waals surface area contributed by atoms with Crippen molar-refractivity contribution in [1.29, 1.82) is 0 Å². The molecule has 1 aliphatic heterocycles. The van der Waals surface area contributed by atoms with Crippen LogP contribution in [-0.2, 0) is 0 Å². The van der Waals surface area contributed by atoms with Crippen LogP contribution >= 0.6 is 24.0 Å². The molecule has 1 fully saturated rings. The lowest BCUT2D eigenvalue weighted by molar-refractivity contribution is 0.286. The van der Waals surface area contributed by atoms with Gasteiger partial charge in [-0.1, -0.05) is 37.8 Å². The minimum Gasteiger partial charge on any atom is -0.357 e. The Labute approximate surface area is 97.0 Å². The van der Waals surface area contributed by atoms with Gasteiger partial charge in [-0.05, 0) is 26.1 Å². The molecule has 0 N–H and O–H groups in total. The molecule has 0 aromatic carbocycles. The molecule has 14 heavy (non-hydrogen) atoms. The van der Waals surface area contributed by atoms with Gasteiger partial charge in [-0.15, -0.1) is 0 Å². The van der Waals surface area contributed by atoms with Gasteiger partial charge in [0.1, 0.15) is 4.32 Å². The molecule has 1 aliphatic rings. The number of nitrogens with zero attached hydrogens (tertiary/aromatic N) is 2. The lowest BCUT2D eigenvalue weighted by atomic mass is 10.3. The van der Waals surface area contributed by atoms with E-state index in [0.29, 0.717) is 0 Å². The van der Waals surface area contributed by atoms with E-state index < -0.39 is 0 Å². The molecule has 0 aliphatic carbocycles. The van der Waals surface area contributed by atoms with Crippen LogP contribution in [0.5, 0.6) is 0 Å². The fraction of sp³-hybridized carbons (Fsp3) is 0.900. The summed E-state index contributed by atoms with van der Waals surface area (Å²) >= 11 is 7.07. The second-order valence-corrected chi connectivity index (χ2v) is 5.21. The highest BCUT2D eigenvalue weighted by atomic mass is 32.2. The summed E-state index contributed by atoms with van der Waals surface area (Å²) in [6.07, 6.45) is 1.24. The first-order valence-electron chi connectivity index (χ1n) is 5.42. The molecular weight excluding hydrogens is 212 g/mol. The summed E-state index contributed by atoms with van der Waals surface area (Å²) < 4.78 is 1.10. The highest BCUT2D eigenvalue weighted by molar-refractivity contribution is 8.23. The molecule has 0 aromatic rings. The molecule has 1 saturated heterocycles. The summed E-state index contributed by atoms with van der Waals surface area (Å²) in [4.78, 5) is 4.80. The largest absolute Gasteiger partial charge is 0.357 e. The Morgan fingerprint density at radius 2 is 2.14 bits per heavy atom. The molecule has 0 bridgehead atoms. The van der Waals surface area contributed by atoms with E-state index in [9.17, 15) is 0 Å². The third-order valence-corrected chi connectivity index (χ3v) is 4.15. The van der Waals surface area contributed by atoms with Crippen molar-refractivity contribution in [1.82, 2.24) is 9.80 Å². The predicted molar refractivity (Wildman–Crippen MR) is 69.0 cm³/mol. The molecule has 1 heterocycles. The molecule has 1 rings (SSSR count). The fourth-order valence-electron chi connectivity index (χ4n) is 1.65. The van der Waals surface area contributed by atoms with E-state index in [2.05, 4.69) is 23.6 Å². The summed E-state index contributed by atoms with van der Waals surface area (Å²) in [7, 11) is 0. The van der Waals surface area contributed by atoms with Gasteiger partial charge < -0.3 is 9.80 Å². The average Bonchev–Trinajstić information content (AvgIpc) is 2.59. The topological polar surface area (TPSA) is 6.48 Å². The Morgan fingerprint density at radius 3 is 2.64 bits per heavy atom. The smallest absolute Gasteiger partial charge is 0.136 e. The summed E-state index contributed by atoms with van der Waals surface area (Å²) in [6, 6.07) is 0. The van der Waals surface area contributed by atoms with Gasteiger partial charge in [0.05, 0.1) is 0 Å². The quantitative estimate of drug-likeness (QED) is 0.646. The Balaban J connectivity index is 2.11. The van der Waals surface area contributed by atoms with Crippen LogP contribution in [0.15, 0.2) is 0 Å². The van der Waals surface area contributed by atoms with Crippen LogP contribution in [0.3, 0.4) is 0 Å². The molecule has 2 nitrogen and oxygen atoms in total. The number of rotatable bonds is 6. The van der Waals surface area contributed by atoms with Crippen LogP contribution in [0.4, 0.5) is 0 Å². The van der Waals surface area contributed by atoms with Crippen molar-refractivity contribution in [3.63, 3.8) is 0 Å². The van der Waals surface area contributed by atoms with Gasteiger partial charge in [-0.3, -0.25) is 0 Å². The van der Waals surface area contributed by atoms with Gasteiger partial charge in [-0.2, -0.15) is 0 Å². The van der Waals surface area contributed by atoms with Gasteiger partial charge in [0.15, 0.2) is 0 Å². The molecule has 0 spiro atoms. The number of hydrogen-bond acceptors (Lipinski definition) is 3. The van der Waals surface area contributed by atoms with Crippen LogP contribution in [0.2, 0.25) is 0 Å². The number of thiocarbonyl (C=S) groups is 1.